The van der Waals surface area contributed by atoms with Crippen molar-refractivity contribution in [3.8, 4) is 0 Å². The number of esters is 1. The first-order valence-corrected chi connectivity index (χ1v) is 7.20. The van der Waals surface area contributed by atoms with E-state index >= 15 is 0 Å². The highest BCUT2D eigenvalue weighted by atomic mass is 35.5. The van der Waals surface area contributed by atoms with Crippen LogP contribution in [0.15, 0.2) is 42.5 Å². The Morgan fingerprint density at radius 3 is 2.50 bits per heavy atom. The van der Waals surface area contributed by atoms with Crippen molar-refractivity contribution in [3.63, 3.8) is 0 Å². The topological polar surface area (TPSA) is 55.4 Å². The largest absolute Gasteiger partial charge is 0.452 e. The Balaban J connectivity index is 1.93. The van der Waals surface area contributed by atoms with Gasteiger partial charge < -0.3 is 10.1 Å². The van der Waals surface area contributed by atoms with Crippen LogP contribution in [0.5, 0.6) is 0 Å². The number of carbonyl (C=O) groups is 2. The van der Waals surface area contributed by atoms with Gasteiger partial charge in [0.25, 0.3) is 5.91 Å². The Morgan fingerprint density at radius 2 is 1.82 bits per heavy atom. The van der Waals surface area contributed by atoms with Crippen molar-refractivity contribution in [2.45, 2.75) is 6.92 Å². The summed E-state index contributed by atoms with van der Waals surface area (Å²) >= 11 is 11.9. The zero-order chi connectivity index (χ0) is 16.1. The summed E-state index contributed by atoms with van der Waals surface area (Å²) in [6.07, 6.45) is 0. The lowest BCUT2D eigenvalue weighted by Crippen LogP contribution is -2.21. The van der Waals surface area contributed by atoms with Crippen LogP contribution in [0.1, 0.15) is 15.9 Å². The molecule has 114 valence electrons. The summed E-state index contributed by atoms with van der Waals surface area (Å²) < 4.78 is 4.93. The number of hydrogen-bond donors (Lipinski definition) is 1. The fourth-order valence-corrected chi connectivity index (χ4v) is 2.24. The van der Waals surface area contributed by atoms with Gasteiger partial charge in [-0.1, -0.05) is 41.4 Å². The minimum Gasteiger partial charge on any atom is -0.452 e. The molecule has 0 aliphatic heterocycles. The third-order valence-corrected chi connectivity index (χ3v) is 3.47. The van der Waals surface area contributed by atoms with Gasteiger partial charge in [0.05, 0.1) is 21.3 Å². The van der Waals surface area contributed by atoms with E-state index in [1.54, 1.807) is 30.3 Å². The van der Waals surface area contributed by atoms with Crippen molar-refractivity contribution in [2.75, 3.05) is 11.9 Å². The Hall–Kier alpha value is -2.04. The molecule has 2 rings (SSSR count). The van der Waals surface area contributed by atoms with Gasteiger partial charge in [-0.15, -0.1) is 0 Å². The molecule has 2 aromatic carbocycles. The molecule has 0 aliphatic carbocycles. The predicted molar refractivity (Wildman–Crippen MR) is 86.6 cm³/mol. The molecule has 0 aromatic heterocycles. The molecule has 0 unspecified atom stereocenters. The third-order valence-electron chi connectivity index (χ3n) is 2.83. The van der Waals surface area contributed by atoms with Crippen LogP contribution in [0, 0.1) is 6.92 Å². The summed E-state index contributed by atoms with van der Waals surface area (Å²) in [5.74, 6) is -1.14. The van der Waals surface area contributed by atoms with Crippen molar-refractivity contribution in [1.82, 2.24) is 0 Å². The molecule has 0 saturated carbocycles. The van der Waals surface area contributed by atoms with Crippen molar-refractivity contribution < 1.29 is 14.3 Å². The maximum Gasteiger partial charge on any atom is 0.340 e. The Bertz CT molecular complexity index is 716. The van der Waals surface area contributed by atoms with E-state index in [9.17, 15) is 9.59 Å². The second-order valence-corrected chi connectivity index (χ2v) is 5.40. The summed E-state index contributed by atoms with van der Waals surface area (Å²) in [4.78, 5) is 23.6. The molecule has 1 N–H and O–H groups in total. The van der Waals surface area contributed by atoms with Crippen LogP contribution in [0.2, 0.25) is 10.0 Å². The Labute approximate surface area is 138 Å². The van der Waals surface area contributed by atoms with E-state index in [0.717, 1.165) is 5.56 Å². The van der Waals surface area contributed by atoms with Crippen molar-refractivity contribution in [3.05, 3.63) is 63.6 Å². The van der Waals surface area contributed by atoms with Gasteiger partial charge in [0.1, 0.15) is 0 Å². The second kappa shape index (κ2) is 7.29. The van der Waals surface area contributed by atoms with Gasteiger partial charge in [-0.05, 0) is 36.8 Å². The number of amides is 1. The Kier molecular flexibility index (Phi) is 5.41. The number of rotatable bonds is 4. The van der Waals surface area contributed by atoms with Crippen LogP contribution in [0.25, 0.3) is 0 Å². The highest BCUT2D eigenvalue weighted by molar-refractivity contribution is 6.34. The van der Waals surface area contributed by atoms with Crippen LogP contribution in [-0.4, -0.2) is 18.5 Å². The van der Waals surface area contributed by atoms with E-state index in [0.29, 0.717) is 10.7 Å². The fourth-order valence-electron chi connectivity index (χ4n) is 1.74. The van der Waals surface area contributed by atoms with E-state index in [4.69, 9.17) is 27.9 Å². The summed E-state index contributed by atoms with van der Waals surface area (Å²) in [6.45, 7) is 1.47. The van der Waals surface area contributed by atoms with Crippen molar-refractivity contribution in [2.24, 2.45) is 0 Å². The minimum atomic E-state index is -0.657. The smallest absolute Gasteiger partial charge is 0.340 e. The van der Waals surface area contributed by atoms with Gasteiger partial charge in [-0.3, -0.25) is 4.79 Å². The molecule has 2 aromatic rings. The average molecular weight is 338 g/mol. The SMILES string of the molecule is Cc1ccc(NC(=O)COC(=O)c2ccccc2Cl)c(Cl)c1. The number of nitrogens with one attached hydrogen (secondary N) is 1. The van der Waals surface area contributed by atoms with E-state index in [1.807, 2.05) is 13.0 Å². The first-order valence-electron chi connectivity index (χ1n) is 6.45. The molecule has 22 heavy (non-hydrogen) atoms. The first-order chi connectivity index (χ1) is 10.5. The summed E-state index contributed by atoms with van der Waals surface area (Å²) in [5, 5.41) is 3.27. The van der Waals surface area contributed by atoms with Gasteiger partial charge in [-0.25, -0.2) is 4.79 Å². The lowest BCUT2D eigenvalue weighted by Gasteiger charge is -2.09. The summed E-state index contributed by atoms with van der Waals surface area (Å²) in [6, 6.07) is 11.7. The molecule has 0 radical (unpaired) electrons. The third kappa shape index (κ3) is 4.23. The molecule has 1 amide bonds. The number of aryl methyl sites for hydroxylation is 1. The highest BCUT2D eigenvalue weighted by Gasteiger charge is 2.13. The molecular weight excluding hydrogens is 325 g/mol. The molecule has 4 nitrogen and oxygen atoms in total. The van der Waals surface area contributed by atoms with Gasteiger partial charge in [0, 0.05) is 0 Å². The van der Waals surface area contributed by atoms with E-state index < -0.39 is 18.5 Å². The molecule has 0 saturated heterocycles. The van der Waals surface area contributed by atoms with Gasteiger partial charge in [0.15, 0.2) is 6.61 Å². The number of halogens is 2. The number of hydrogen-bond acceptors (Lipinski definition) is 3. The normalized spacial score (nSPS) is 10.1. The van der Waals surface area contributed by atoms with Crippen molar-refractivity contribution >= 4 is 40.8 Å². The van der Waals surface area contributed by atoms with Crippen LogP contribution < -0.4 is 5.32 Å². The van der Waals surface area contributed by atoms with Crippen LogP contribution in [0.3, 0.4) is 0 Å². The van der Waals surface area contributed by atoms with Crippen LogP contribution >= 0.6 is 23.2 Å². The number of carbonyl (C=O) groups excluding carboxylic acids is 2. The van der Waals surface area contributed by atoms with Crippen molar-refractivity contribution in [1.29, 1.82) is 0 Å². The molecule has 0 bridgehead atoms. The van der Waals surface area contributed by atoms with Gasteiger partial charge >= 0.3 is 5.97 Å². The lowest BCUT2D eigenvalue weighted by atomic mass is 10.2. The average Bonchev–Trinajstić information content (AvgIpc) is 2.48. The number of anilines is 1. The predicted octanol–water partition coefficient (Wildman–Crippen LogP) is 4.10. The minimum absolute atomic E-state index is 0.213. The molecule has 0 heterocycles. The quantitative estimate of drug-likeness (QED) is 0.854. The molecular formula is C16H13Cl2NO3. The summed E-state index contributed by atoms with van der Waals surface area (Å²) in [7, 11) is 0. The Morgan fingerprint density at radius 1 is 1.09 bits per heavy atom. The number of ether oxygens (including phenoxy) is 1. The second-order valence-electron chi connectivity index (χ2n) is 4.59. The van der Waals surface area contributed by atoms with Crippen LogP contribution in [-0.2, 0) is 9.53 Å². The molecule has 0 aliphatic rings. The fraction of sp³-hybridized carbons (Fsp3) is 0.125. The van der Waals surface area contributed by atoms with Gasteiger partial charge in [-0.2, -0.15) is 0 Å². The lowest BCUT2D eigenvalue weighted by molar-refractivity contribution is -0.119. The molecule has 0 spiro atoms. The van der Waals surface area contributed by atoms with Crippen LogP contribution in [0.4, 0.5) is 5.69 Å². The molecule has 6 heteroatoms. The standard InChI is InChI=1S/C16H13Cl2NO3/c1-10-6-7-14(13(18)8-10)19-15(20)9-22-16(21)11-4-2-3-5-12(11)17/h2-8H,9H2,1H3,(H,19,20). The maximum atomic E-state index is 11.8. The van der Waals surface area contributed by atoms with Gasteiger partial charge in [0.2, 0.25) is 0 Å². The zero-order valence-electron chi connectivity index (χ0n) is 11.7. The van der Waals surface area contributed by atoms with E-state index in [2.05, 4.69) is 5.32 Å². The summed E-state index contributed by atoms with van der Waals surface area (Å²) in [5.41, 5.74) is 1.66. The highest BCUT2D eigenvalue weighted by Crippen LogP contribution is 2.22. The first kappa shape index (κ1) is 16.3. The monoisotopic (exact) mass is 337 g/mol. The maximum absolute atomic E-state index is 11.8. The molecule has 0 fully saturated rings. The van der Waals surface area contributed by atoms with E-state index in [-0.39, 0.29) is 10.6 Å². The number of benzene rings is 2. The van der Waals surface area contributed by atoms with E-state index in [1.165, 1.54) is 6.07 Å². The zero-order valence-corrected chi connectivity index (χ0v) is 13.2. The molecule has 0 atom stereocenters.